The Hall–Kier alpha value is -2.44. The van der Waals surface area contributed by atoms with Crippen LogP contribution in [-0.2, 0) is 29.0 Å². The van der Waals surface area contributed by atoms with Gasteiger partial charge < -0.3 is 4.90 Å². The van der Waals surface area contributed by atoms with Crippen LogP contribution in [0.25, 0.3) is 0 Å². The van der Waals surface area contributed by atoms with E-state index in [-0.39, 0.29) is 22.0 Å². The van der Waals surface area contributed by atoms with Crippen molar-refractivity contribution in [2.75, 3.05) is 25.2 Å². The molecule has 0 spiro atoms. The van der Waals surface area contributed by atoms with Crippen LogP contribution in [0.2, 0.25) is 0 Å². The lowest BCUT2D eigenvalue weighted by atomic mass is 10.0. The number of benzene rings is 1. The van der Waals surface area contributed by atoms with Crippen LogP contribution >= 0.6 is 11.3 Å². The number of hydrogen-bond acceptors (Lipinski definition) is 7. The summed E-state index contributed by atoms with van der Waals surface area (Å²) >= 11 is 1.24. The monoisotopic (exact) mass is 499 g/mol. The van der Waals surface area contributed by atoms with Crippen LogP contribution in [0.3, 0.4) is 0 Å². The molecule has 0 amide bonds. The van der Waals surface area contributed by atoms with Crippen LogP contribution in [0.4, 0.5) is 18.2 Å². The zero-order valence-electron chi connectivity index (χ0n) is 18.3. The van der Waals surface area contributed by atoms with Crippen molar-refractivity contribution < 1.29 is 21.6 Å². The van der Waals surface area contributed by atoms with Gasteiger partial charge in [0.2, 0.25) is 15.0 Å². The first-order valence-electron chi connectivity index (χ1n) is 10.3. The van der Waals surface area contributed by atoms with E-state index in [0.29, 0.717) is 36.1 Å². The fourth-order valence-corrected chi connectivity index (χ4v) is 7.27. The Morgan fingerprint density at radius 2 is 1.97 bits per heavy atom. The van der Waals surface area contributed by atoms with Gasteiger partial charge in [0.1, 0.15) is 6.33 Å². The Morgan fingerprint density at radius 3 is 2.61 bits per heavy atom. The van der Waals surface area contributed by atoms with Gasteiger partial charge in [0.15, 0.2) is 0 Å². The highest BCUT2D eigenvalue weighted by Crippen LogP contribution is 2.45. The molecule has 0 unspecified atom stereocenters. The Balaban J connectivity index is 1.91. The highest BCUT2D eigenvalue weighted by atomic mass is 32.2. The fourth-order valence-electron chi connectivity index (χ4n) is 4.11. The van der Waals surface area contributed by atoms with E-state index in [2.05, 4.69) is 33.9 Å². The van der Waals surface area contributed by atoms with Crippen LogP contribution < -0.4 is 4.90 Å². The number of thiophene rings is 1. The molecule has 7 nitrogen and oxygen atoms in total. The maximum Gasteiger partial charge on any atom is 0.416 e. The molecule has 1 aromatic carbocycles. The summed E-state index contributed by atoms with van der Waals surface area (Å²) in [5, 5.41) is 6.52. The molecule has 3 heterocycles. The van der Waals surface area contributed by atoms with Crippen LogP contribution in [0.1, 0.15) is 35.4 Å². The summed E-state index contributed by atoms with van der Waals surface area (Å²) in [7, 11) is -2.24. The van der Waals surface area contributed by atoms with Gasteiger partial charge in [0.05, 0.1) is 22.1 Å². The maximum absolute atomic E-state index is 13.6. The minimum Gasteiger partial charge on any atom is -0.350 e. The van der Waals surface area contributed by atoms with Gasteiger partial charge in [-0.1, -0.05) is 32.0 Å². The second-order valence-corrected chi connectivity index (χ2v) is 11.4. The van der Waals surface area contributed by atoms with E-state index in [0.717, 1.165) is 17.4 Å². The SMILES string of the molecule is CC(C)CN1CN(C)Cc2c1sc(Cc1ccccc1C(F)(F)F)c2S(=O)(=O)c1ncn[nH]1. The minimum atomic E-state index is -4.54. The predicted molar refractivity (Wildman–Crippen MR) is 119 cm³/mol. The van der Waals surface area contributed by atoms with E-state index in [4.69, 9.17) is 0 Å². The molecule has 0 radical (unpaired) electrons. The van der Waals surface area contributed by atoms with E-state index < -0.39 is 21.6 Å². The van der Waals surface area contributed by atoms with E-state index in [1.165, 1.54) is 29.5 Å². The lowest BCUT2D eigenvalue weighted by Gasteiger charge is -2.35. The standard InChI is InChI=1S/C21H24F3N5O2S2/c1-13(2)9-29-12-28(3)10-15-18(33(30,31)20-25-11-26-27-20)17(32-19(15)29)8-14-6-4-5-7-16(14)21(22,23)24/h4-7,11,13H,8-10,12H2,1-3H3,(H,25,26,27). The lowest BCUT2D eigenvalue weighted by molar-refractivity contribution is -0.138. The van der Waals surface area contributed by atoms with Gasteiger partial charge in [0.25, 0.3) is 0 Å². The smallest absolute Gasteiger partial charge is 0.350 e. The largest absolute Gasteiger partial charge is 0.416 e. The Labute approximate surface area is 194 Å². The quantitative estimate of drug-likeness (QED) is 0.548. The lowest BCUT2D eigenvalue weighted by Crippen LogP contribution is -2.41. The fraction of sp³-hybridized carbons (Fsp3) is 0.429. The third kappa shape index (κ3) is 4.64. The van der Waals surface area contributed by atoms with Gasteiger partial charge >= 0.3 is 6.18 Å². The number of aromatic nitrogens is 3. The van der Waals surface area contributed by atoms with E-state index in [9.17, 15) is 21.6 Å². The van der Waals surface area contributed by atoms with Crippen molar-refractivity contribution >= 4 is 26.2 Å². The molecular formula is C21H24F3N5O2S2. The number of nitrogens with zero attached hydrogens (tertiary/aromatic N) is 4. The summed E-state index contributed by atoms with van der Waals surface area (Å²) in [6, 6.07) is 5.27. The molecule has 1 aliphatic heterocycles. The van der Waals surface area contributed by atoms with Crippen LogP contribution in [0, 0.1) is 5.92 Å². The first-order valence-corrected chi connectivity index (χ1v) is 12.6. The van der Waals surface area contributed by atoms with Crippen molar-refractivity contribution in [1.29, 1.82) is 0 Å². The molecule has 3 aromatic rings. The Bertz CT molecular complexity index is 1240. The number of fused-ring (bicyclic) bond motifs is 1. The maximum atomic E-state index is 13.6. The van der Waals surface area contributed by atoms with Gasteiger partial charge in [-0.2, -0.15) is 18.3 Å². The molecular weight excluding hydrogens is 475 g/mol. The van der Waals surface area contributed by atoms with Crippen LogP contribution in [-0.4, -0.2) is 48.8 Å². The van der Waals surface area contributed by atoms with Gasteiger partial charge in [-0.05, 0) is 24.6 Å². The van der Waals surface area contributed by atoms with E-state index in [1.54, 1.807) is 0 Å². The molecule has 0 saturated carbocycles. The number of nitrogens with one attached hydrogen (secondary N) is 1. The van der Waals surface area contributed by atoms with Crippen molar-refractivity contribution in [3.63, 3.8) is 0 Å². The second kappa shape index (κ2) is 8.73. The summed E-state index contributed by atoms with van der Waals surface area (Å²) in [5.74, 6) is 0.315. The number of halogens is 3. The van der Waals surface area contributed by atoms with Gasteiger partial charge in [-0.3, -0.25) is 4.90 Å². The summed E-state index contributed by atoms with van der Waals surface area (Å²) in [6.07, 6.45) is -3.60. The van der Waals surface area contributed by atoms with Crippen molar-refractivity contribution in [3.8, 4) is 0 Å². The van der Waals surface area contributed by atoms with Crippen molar-refractivity contribution in [3.05, 3.63) is 52.2 Å². The molecule has 12 heteroatoms. The molecule has 1 aliphatic rings. The number of aromatic amines is 1. The molecule has 0 saturated heterocycles. The van der Waals surface area contributed by atoms with Crippen LogP contribution in [0.15, 0.2) is 40.6 Å². The van der Waals surface area contributed by atoms with Crippen LogP contribution in [0.5, 0.6) is 0 Å². The van der Waals surface area contributed by atoms with Gasteiger partial charge in [-0.25, -0.2) is 18.5 Å². The zero-order chi connectivity index (χ0) is 24.0. The van der Waals surface area contributed by atoms with E-state index in [1.807, 2.05) is 11.9 Å². The minimum absolute atomic E-state index is 0.0246. The van der Waals surface area contributed by atoms with Gasteiger partial charge in [0, 0.05) is 30.0 Å². The van der Waals surface area contributed by atoms with E-state index >= 15 is 0 Å². The number of sulfone groups is 1. The number of H-pyrrole nitrogens is 1. The van der Waals surface area contributed by atoms with Crippen molar-refractivity contribution in [2.24, 2.45) is 5.92 Å². The number of alkyl halides is 3. The molecule has 0 bridgehead atoms. The summed E-state index contributed by atoms with van der Waals surface area (Å²) in [5.41, 5.74) is -0.151. The predicted octanol–water partition coefficient (Wildman–Crippen LogP) is 4.17. The average Bonchev–Trinajstić information content (AvgIpc) is 3.36. The summed E-state index contributed by atoms with van der Waals surface area (Å²) in [4.78, 5) is 8.29. The van der Waals surface area contributed by atoms with Crippen molar-refractivity contribution in [1.82, 2.24) is 20.1 Å². The van der Waals surface area contributed by atoms with Gasteiger partial charge in [-0.15, -0.1) is 11.3 Å². The third-order valence-corrected chi connectivity index (χ3v) is 8.47. The first-order chi connectivity index (χ1) is 15.5. The number of hydrogen-bond donors (Lipinski definition) is 1. The molecule has 1 N–H and O–H groups in total. The number of rotatable bonds is 6. The number of anilines is 1. The first kappa shape index (κ1) is 23.7. The average molecular weight is 500 g/mol. The normalized spacial score (nSPS) is 15.3. The summed E-state index contributed by atoms with van der Waals surface area (Å²) in [6.45, 7) is 5.79. The molecule has 0 fully saturated rings. The second-order valence-electron chi connectivity index (χ2n) is 8.54. The third-order valence-electron chi connectivity index (χ3n) is 5.31. The Kier molecular flexibility index (Phi) is 6.27. The highest BCUT2D eigenvalue weighted by Gasteiger charge is 2.38. The summed E-state index contributed by atoms with van der Waals surface area (Å²) < 4.78 is 68.1. The molecule has 0 aliphatic carbocycles. The molecule has 0 atom stereocenters. The molecule has 33 heavy (non-hydrogen) atoms. The zero-order valence-corrected chi connectivity index (χ0v) is 20.0. The molecule has 178 valence electrons. The topological polar surface area (TPSA) is 82.2 Å². The Morgan fingerprint density at radius 1 is 1.24 bits per heavy atom. The molecule has 4 rings (SSSR count). The highest BCUT2D eigenvalue weighted by molar-refractivity contribution is 7.91. The van der Waals surface area contributed by atoms with Crippen molar-refractivity contribution in [2.45, 2.75) is 43.0 Å². The molecule has 2 aromatic heterocycles.